The van der Waals surface area contributed by atoms with Crippen molar-refractivity contribution >= 4 is 38.9 Å². The van der Waals surface area contributed by atoms with Crippen LogP contribution in [0.3, 0.4) is 0 Å². The number of carbonyl (C=O) groups is 1. The summed E-state index contributed by atoms with van der Waals surface area (Å²) in [5, 5.41) is 13.8. The second-order valence-corrected chi connectivity index (χ2v) is 9.73. The van der Waals surface area contributed by atoms with Crippen molar-refractivity contribution in [3.63, 3.8) is 0 Å². The molecule has 1 fully saturated rings. The lowest BCUT2D eigenvalue weighted by Crippen LogP contribution is -2.39. The van der Waals surface area contributed by atoms with Crippen LogP contribution in [0.15, 0.2) is 41.3 Å². The molecule has 1 aliphatic heterocycles. The fourth-order valence-corrected chi connectivity index (χ4v) is 5.60. The zero-order valence-corrected chi connectivity index (χ0v) is 18.2. The molecule has 30 heavy (non-hydrogen) atoms. The van der Waals surface area contributed by atoms with E-state index in [0.717, 1.165) is 12.8 Å². The summed E-state index contributed by atoms with van der Waals surface area (Å²) < 4.78 is 27.6. The second kappa shape index (κ2) is 8.71. The highest BCUT2D eigenvalue weighted by Crippen LogP contribution is 2.30. The average molecular weight is 452 g/mol. The van der Waals surface area contributed by atoms with Gasteiger partial charge in [0.05, 0.1) is 21.2 Å². The SMILES string of the molecule is Cc1c(NC(=O)c2ccc(Cl)c(S(=O)(=O)N3CCC[C@H](C)C3)c2)cccc1[N+](=O)[O-]. The Morgan fingerprint density at radius 2 is 2.03 bits per heavy atom. The molecule has 0 saturated carbocycles. The molecule has 1 aliphatic rings. The Morgan fingerprint density at radius 1 is 1.30 bits per heavy atom. The predicted octanol–water partition coefficient (Wildman–Crippen LogP) is 4.23. The molecule has 1 amide bonds. The number of nitro benzene ring substituents is 1. The minimum atomic E-state index is -3.85. The van der Waals surface area contributed by atoms with Crippen molar-refractivity contribution in [3.8, 4) is 0 Å². The zero-order chi connectivity index (χ0) is 22.1. The van der Waals surface area contributed by atoms with Crippen LogP contribution in [0, 0.1) is 23.0 Å². The average Bonchev–Trinajstić information content (AvgIpc) is 2.69. The molecule has 8 nitrogen and oxygen atoms in total. The van der Waals surface area contributed by atoms with Gasteiger partial charge in [0.1, 0.15) is 4.90 Å². The van der Waals surface area contributed by atoms with E-state index in [1.54, 1.807) is 6.07 Å². The van der Waals surface area contributed by atoms with Gasteiger partial charge >= 0.3 is 0 Å². The number of halogens is 1. The van der Waals surface area contributed by atoms with Crippen LogP contribution in [0.4, 0.5) is 11.4 Å². The van der Waals surface area contributed by atoms with Gasteiger partial charge in [-0.15, -0.1) is 0 Å². The number of piperidine rings is 1. The highest BCUT2D eigenvalue weighted by atomic mass is 35.5. The first kappa shape index (κ1) is 22.2. The number of rotatable bonds is 5. The summed E-state index contributed by atoms with van der Waals surface area (Å²) in [6.07, 6.45) is 1.73. The molecule has 0 unspecified atom stereocenters. The van der Waals surface area contributed by atoms with Gasteiger partial charge < -0.3 is 5.32 Å². The van der Waals surface area contributed by atoms with Crippen molar-refractivity contribution in [1.29, 1.82) is 0 Å². The highest BCUT2D eigenvalue weighted by Gasteiger charge is 2.31. The van der Waals surface area contributed by atoms with Crippen molar-refractivity contribution < 1.29 is 18.1 Å². The van der Waals surface area contributed by atoms with Gasteiger partial charge in [0.25, 0.3) is 11.6 Å². The molecule has 1 saturated heterocycles. The molecule has 2 aromatic rings. The molecule has 0 aromatic heterocycles. The number of sulfonamides is 1. The van der Waals surface area contributed by atoms with Crippen molar-refractivity contribution in [2.24, 2.45) is 5.92 Å². The fraction of sp³-hybridized carbons (Fsp3) is 0.350. The van der Waals surface area contributed by atoms with Crippen LogP contribution in [-0.2, 0) is 10.0 Å². The lowest BCUT2D eigenvalue weighted by molar-refractivity contribution is -0.385. The van der Waals surface area contributed by atoms with Crippen molar-refractivity contribution in [3.05, 3.63) is 62.7 Å². The van der Waals surface area contributed by atoms with Crippen molar-refractivity contribution in [2.75, 3.05) is 18.4 Å². The van der Waals surface area contributed by atoms with E-state index >= 15 is 0 Å². The number of hydrogen-bond acceptors (Lipinski definition) is 5. The number of nitro groups is 1. The Kier molecular flexibility index (Phi) is 6.44. The molecule has 1 atom stereocenters. The van der Waals surface area contributed by atoms with Gasteiger partial charge in [-0.05, 0) is 49.9 Å². The summed E-state index contributed by atoms with van der Waals surface area (Å²) >= 11 is 6.17. The van der Waals surface area contributed by atoms with Crippen LogP contribution < -0.4 is 5.32 Å². The molecule has 3 rings (SSSR count). The predicted molar refractivity (Wildman–Crippen MR) is 114 cm³/mol. The van der Waals surface area contributed by atoms with Crippen LogP contribution in [0.5, 0.6) is 0 Å². The molecule has 1 N–H and O–H groups in total. The Morgan fingerprint density at radius 3 is 2.70 bits per heavy atom. The first-order chi connectivity index (χ1) is 14.1. The Labute approximate surface area is 180 Å². The molecular formula is C20H22ClN3O5S. The lowest BCUT2D eigenvalue weighted by atomic mass is 10.0. The third-order valence-electron chi connectivity index (χ3n) is 5.18. The second-order valence-electron chi connectivity index (χ2n) is 7.42. The van der Waals surface area contributed by atoms with E-state index in [-0.39, 0.29) is 32.8 Å². The Hall–Kier alpha value is -2.49. The maximum atomic E-state index is 13.1. The van der Waals surface area contributed by atoms with Gasteiger partial charge in [-0.1, -0.05) is 24.6 Å². The lowest BCUT2D eigenvalue weighted by Gasteiger charge is -2.30. The van der Waals surface area contributed by atoms with Gasteiger partial charge in [-0.25, -0.2) is 8.42 Å². The van der Waals surface area contributed by atoms with Gasteiger partial charge in [0.2, 0.25) is 10.0 Å². The van der Waals surface area contributed by atoms with Gasteiger partial charge in [-0.2, -0.15) is 4.31 Å². The third-order valence-corrected chi connectivity index (χ3v) is 7.53. The molecule has 2 aromatic carbocycles. The summed E-state index contributed by atoms with van der Waals surface area (Å²) in [5.74, 6) is -0.339. The zero-order valence-electron chi connectivity index (χ0n) is 16.6. The largest absolute Gasteiger partial charge is 0.321 e. The number of carbonyl (C=O) groups excluding carboxylic acids is 1. The quantitative estimate of drug-likeness (QED) is 0.540. The van der Waals surface area contributed by atoms with Crippen LogP contribution in [-0.4, -0.2) is 36.6 Å². The summed E-state index contributed by atoms with van der Waals surface area (Å²) in [4.78, 5) is 23.2. The molecule has 160 valence electrons. The van der Waals surface area contributed by atoms with E-state index in [4.69, 9.17) is 11.6 Å². The first-order valence-electron chi connectivity index (χ1n) is 9.46. The standard InChI is InChI=1S/C20H22ClN3O5S/c1-13-5-4-10-23(12-13)30(28,29)19-11-15(8-9-16(19)21)20(25)22-17-6-3-7-18(14(17)2)24(26)27/h3,6-9,11,13H,4-5,10,12H2,1-2H3,(H,22,25)/t13-/m0/s1. The molecule has 1 heterocycles. The topological polar surface area (TPSA) is 110 Å². The number of nitrogens with one attached hydrogen (secondary N) is 1. The summed E-state index contributed by atoms with van der Waals surface area (Å²) in [6.45, 7) is 4.34. The van der Waals surface area contributed by atoms with E-state index in [0.29, 0.717) is 18.7 Å². The van der Waals surface area contributed by atoms with E-state index in [2.05, 4.69) is 5.32 Å². The Balaban J connectivity index is 1.91. The molecule has 0 spiro atoms. The molecular weight excluding hydrogens is 430 g/mol. The summed E-state index contributed by atoms with van der Waals surface area (Å²) in [6, 6.07) is 8.40. The van der Waals surface area contributed by atoms with Crippen LogP contribution in [0.1, 0.15) is 35.7 Å². The van der Waals surface area contributed by atoms with Crippen LogP contribution in [0.2, 0.25) is 5.02 Å². The maximum Gasteiger partial charge on any atom is 0.274 e. The van der Waals surface area contributed by atoms with Gasteiger partial charge in [-0.3, -0.25) is 14.9 Å². The minimum Gasteiger partial charge on any atom is -0.321 e. The molecule has 0 bridgehead atoms. The Bertz CT molecular complexity index is 1100. The van der Waals surface area contributed by atoms with E-state index in [9.17, 15) is 23.3 Å². The van der Waals surface area contributed by atoms with E-state index in [1.165, 1.54) is 41.6 Å². The minimum absolute atomic E-state index is 0.0382. The van der Waals surface area contributed by atoms with Gasteiger partial charge in [0.15, 0.2) is 0 Å². The number of benzene rings is 2. The number of anilines is 1. The van der Waals surface area contributed by atoms with E-state index in [1.807, 2.05) is 6.92 Å². The molecule has 0 radical (unpaired) electrons. The van der Waals surface area contributed by atoms with E-state index < -0.39 is 20.9 Å². The third kappa shape index (κ3) is 4.48. The van der Waals surface area contributed by atoms with Crippen molar-refractivity contribution in [2.45, 2.75) is 31.6 Å². The van der Waals surface area contributed by atoms with Crippen LogP contribution in [0.25, 0.3) is 0 Å². The van der Waals surface area contributed by atoms with Crippen LogP contribution >= 0.6 is 11.6 Å². The highest BCUT2D eigenvalue weighted by molar-refractivity contribution is 7.89. The number of amides is 1. The first-order valence-corrected chi connectivity index (χ1v) is 11.3. The molecule has 10 heteroatoms. The maximum absolute atomic E-state index is 13.1. The number of nitrogens with zero attached hydrogens (tertiary/aromatic N) is 2. The summed E-state index contributed by atoms with van der Waals surface area (Å²) in [5.41, 5.74) is 0.554. The van der Waals surface area contributed by atoms with Gasteiger partial charge in [0, 0.05) is 24.7 Å². The summed E-state index contributed by atoms with van der Waals surface area (Å²) in [7, 11) is -3.85. The number of hydrogen-bond donors (Lipinski definition) is 1. The normalized spacial score (nSPS) is 17.5. The molecule has 0 aliphatic carbocycles. The fourth-order valence-electron chi connectivity index (χ4n) is 3.50. The smallest absolute Gasteiger partial charge is 0.274 e. The van der Waals surface area contributed by atoms with Crippen molar-refractivity contribution in [1.82, 2.24) is 4.31 Å². The monoisotopic (exact) mass is 451 g/mol.